The predicted octanol–water partition coefficient (Wildman–Crippen LogP) is 2.45. The molecule has 1 aromatic heterocycles. The molecule has 2 unspecified atom stereocenters. The molecule has 0 saturated carbocycles. The van der Waals surface area contributed by atoms with E-state index in [0.29, 0.717) is 6.04 Å². The molecule has 3 heterocycles. The highest BCUT2D eigenvalue weighted by Crippen LogP contribution is 2.27. The van der Waals surface area contributed by atoms with Gasteiger partial charge in [-0.2, -0.15) is 0 Å². The molecule has 106 valence electrons. The number of hydrogen-bond acceptors (Lipinski definition) is 3. The Morgan fingerprint density at radius 3 is 2.95 bits per heavy atom. The number of nitrogens with zero attached hydrogens (tertiary/aromatic N) is 4. The molecule has 0 radical (unpaired) electrons. The van der Waals surface area contributed by atoms with E-state index in [2.05, 4.69) is 33.5 Å². The van der Waals surface area contributed by atoms with Crippen LogP contribution >= 0.6 is 0 Å². The molecule has 0 spiro atoms. The van der Waals surface area contributed by atoms with E-state index in [9.17, 15) is 0 Å². The normalized spacial score (nSPS) is 28.3. The molecule has 0 N–H and O–H groups in total. The molecule has 2 aliphatic rings. The van der Waals surface area contributed by atoms with Gasteiger partial charge in [-0.25, -0.2) is 0 Å². The van der Waals surface area contributed by atoms with Crippen molar-refractivity contribution in [2.24, 2.45) is 5.92 Å². The highest BCUT2D eigenvalue weighted by atomic mass is 15.3. The third kappa shape index (κ3) is 2.69. The fourth-order valence-electron chi connectivity index (χ4n) is 3.73. The van der Waals surface area contributed by atoms with Crippen molar-refractivity contribution in [1.82, 2.24) is 19.7 Å². The number of aryl methyl sites for hydroxylation is 1. The molecule has 19 heavy (non-hydrogen) atoms. The molecule has 3 rings (SSSR count). The van der Waals surface area contributed by atoms with E-state index in [-0.39, 0.29) is 0 Å². The lowest BCUT2D eigenvalue weighted by Crippen LogP contribution is -2.36. The van der Waals surface area contributed by atoms with Crippen LogP contribution in [0, 0.1) is 5.92 Å². The summed E-state index contributed by atoms with van der Waals surface area (Å²) in [6.07, 6.45) is 7.48. The van der Waals surface area contributed by atoms with Crippen LogP contribution in [0.4, 0.5) is 0 Å². The molecule has 2 aliphatic heterocycles. The maximum Gasteiger partial charge on any atom is 0.133 e. The van der Waals surface area contributed by atoms with Crippen molar-refractivity contribution < 1.29 is 0 Å². The van der Waals surface area contributed by atoms with Gasteiger partial charge in [-0.15, -0.1) is 10.2 Å². The minimum atomic E-state index is 0.597. The number of hydrogen-bond donors (Lipinski definition) is 0. The van der Waals surface area contributed by atoms with Crippen molar-refractivity contribution in [2.45, 2.75) is 58.4 Å². The summed E-state index contributed by atoms with van der Waals surface area (Å²) in [6, 6.07) is 0.597. The summed E-state index contributed by atoms with van der Waals surface area (Å²) < 4.78 is 2.42. The van der Waals surface area contributed by atoms with Gasteiger partial charge in [0.05, 0.1) is 0 Å². The van der Waals surface area contributed by atoms with Gasteiger partial charge in [0.2, 0.25) is 0 Å². The summed E-state index contributed by atoms with van der Waals surface area (Å²) in [5.74, 6) is 3.23. The van der Waals surface area contributed by atoms with Crippen LogP contribution in [0.15, 0.2) is 0 Å². The molecule has 1 saturated heterocycles. The Kier molecular flexibility index (Phi) is 3.87. The first-order valence-corrected chi connectivity index (χ1v) is 7.93. The van der Waals surface area contributed by atoms with Gasteiger partial charge in [-0.1, -0.05) is 6.92 Å². The first-order valence-electron chi connectivity index (χ1n) is 7.93. The smallest absolute Gasteiger partial charge is 0.133 e. The zero-order valence-corrected chi connectivity index (χ0v) is 12.3. The van der Waals surface area contributed by atoms with Crippen LogP contribution < -0.4 is 0 Å². The summed E-state index contributed by atoms with van der Waals surface area (Å²) in [7, 11) is 0. The lowest BCUT2D eigenvalue weighted by atomic mass is 9.94. The maximum absolute atomic E-state index is 4.49. The lowest BCUT2D eigenvalue weighted by molar-refractivity contribution is 0.179. The van der Waals surface area contributed by atoms with E-state index in [1.165, 1.54) is 57.0 Å². The molecule has 1 aromatic rings. The standard InChI is InChI=1S/C15H26N4/c1-3-18-9-5-7-13(11-18)10-15-17-16-14-8-4-6-12(2)19(14)15/h12-13H,3-11H2,1-2H3. The van der Waals surface area contributed by atoms with Crippen molar-refractivity contribution >= 4 is 0 Å². The molecule has 0 amide bonds. The van der Waals surface area contributed by atoms with Crippen molar-refractivity contribution in [1.29, 1.82) is 0 Å². The van der Waals surface area contributed by atoms with Gasteiger partial charge in [-0.3, -0.25) is 0 Å². The van der Waals surface area contributed by atoms with Crippen LogP contribution in [0.5, 0.6) is 0 Å². The highest BCUT2D eigenvalue weighted by Gasteiger charge is 2.25. The molecule has 1 fully saturated rings. The van der Waals surface area contributed by atoms with Gasteiger partial charge < -0.3 is 9.47 Å². The maximum atomic E-state index is 4.49. The molecule has 2 atom stereocenters. The SMILES string of the molecule is CCN1CCCC(Cc2nnc3n2C(C)CCC3)C1. The Bertz CT molecular complexity index is 426. The monoisotopic (exact) mass is 262 g/mol. The van der Waals surface area contributed by atoms with E-state index in [1.807, 2.05) is 0 Å². The predicted molar refractivity (Wildman–Crippen MR) is 76.2 cm³/mol. The van der Waals surface area contributed by atoms with E-state index in [4.69, 9.17) is 0 Å². The molecule has 0 aromatic carbocycles. The minimum Gasteiger partial charge on any atom is -0.312 e. The van der Waals surface area contributed by atoms with E-state index >= 15 is 0 Å². The zero-order chi connectivity index (χ0) is 13.2. The average molecular weight is 262 g/mol. The van der Waals surface area contributed by atoms with Gasteiger partial charge in [0.15, 0.2) is 0 Å². The van der Waals surface area contributed by atoms with E-state index < -0.39 is 0 Å². The van der Waals surface area contributed by atoms with Crippen LogP contribution in [-0.4, -0.2) is 39.3 Å². The molecular formula is C15H26N4. The van der Waals surface area contributed by atoms with Crippen molar-refractivity contribution in [3.05, 3.63) is 11.6 Å². The Labute approximate surface area is 116 Å². The van der Waals surface area contributed by atoms with Gasteiger partial charge in [-0.05, 0) is 51.6 Å². The molecule has 4 nitrogen and oxygen atoms in total. The van der Waals surface area contributed by atoms with Crippen molar-refractivity contribution in [3.63, 3.8) is 0 Å². The van der Waals surface area contributed by atoms with Crippen LogP contribution in [0.25, 0.3) is 0 Å². The van der Waals surface area contributed by atoms with Gasteiger partial charge in [0.25, 0.3) is 0 Å². The molecule has 0 aliphatic carbocycles. The third-order valence-corrected chi connectivity index (χ3v) is 4.82. The van der Waals surface area contributed by atoms with Crippen molar-refractivity contribution in [2.75, 3.05) is 19.6 Å². The van der Waals surface area contributed by atoms with Crippen LogP contribution in [0.1, 0.15) is 57.2 Å². The number of piperidine rings is 1. The third-order valence-electron chi connectivity index (χ3n) is 4.82. The van der Waals surface area contributed by atoms with Gasteiger partial charge >= 0.3 is 0 Å². The fourth-order valence-corrected chi connectivity index (χ4v) is 3.73. The Balaban J connectivity index is 1.71. The number of rotatable bonds is 3. The van der Waals surface area contributed by atoms with E-state index in [0.717, 1.165) is 18.8 Å². The average Bonchev–Trinajstić information content (AvgIpc) is 2.84. The van der Waals surface area contributed by atoms with Crippen LogP contribution in [0.2, 0.25) is 0 Å². The second kappa shape index (κ2) is 5.61. The molecular weight excluding hydrogens is 236 g/mol. The number of aromatic nitrogens is 3. The Hall–Kier alpha value is -0.900. The minimum absolute atomic E-state index is 0.597. The fraction of sp³-hybridized carbons (Fsp3) is 0.867. The largest absolute Gasteiger partial charge is 0.312 e. The summed E-state index contributed by atoms with van der Waals surface area (Å²) in [4.78, 5) is 2.57. The summed E-state index contributed by atoms with van der Waals surface area (Å²) in [5.41, 5.74) is 0. The Morgan fingerprint density at radius 2 is 2.11 bits per heavy atom. The van der Waals surface area contributed by atoms with Crippen LogP contribution in [-0.2, 0) is 12.8 Å². The van der Waals surface area contributed by atoms with Gasteiger partial charge in [0.1, 0.15) is 11.6 Å². The van der Waals surface area contributed by atoms with Gasteiger partial charge in [0, 0.05) is 25.4 Å². The summed E-state index contributed by atoms with van der Waals surface area (Å²) in [5, 5.41) is 8.90. The van der Waals surface area contributed by atoms with E-state index in [1.54, 1.807) is 0 Å². The van der Waals surface area contributed by atoms with Crippen molar-refractivity contribution in [3.8, 4) is 0 Å². The molecule has 4 heteroatoms. The number of fused-ring (bicyclic) bond motifs is 1. The first kappa shape index (κ1) is 13.1. The number of likely N-dealkylation sites (tertiary alicyclic amines) is 1. The summed E-state index contributed by atoms with van der Waals surface area (Å²) >= 11 is 0. The zero-order valence-electron chi connectivity index (χ0n) is 12.3. The first-order chi connectivity index (χ1) is 9.28. The summed E-state index contributed by atoms with van der Waals surface area (Å²) in [6.45, 7) is 8.29. The topological polar surface area (TPSA) is 34.0 Å². The lowest BCUT2D eigenvalue weighted by Gasteiger charge is -2.32. The Morgan fingerprint density at radius 1 is 1.21 bits per heavy atom. The molecule has 0 bridgehead atoms. The quantitative estimate of drug-likeness (QED) is 0.839. The second-order valence-electron chi connectivity index (χ2n) is 6.25. The second-order valence-corrected chi connectivity index (χ2v) is 6.25. The highest BCUT2D eigenvalue weighted by molar-refractivity contribution is 5.03. The van der Waals surface area contributed by atoms with Crippen LogP contribution in [0.3, 0.4) is 0 Å².